The monoisotopic (exact) mass is 446 g/mol. The maximum absolute atomic E-state index is 14.2. The molecule has 12 heteroatoms. The first-order valence-electron chi connectivity index (χ1n) is 8.31. The predicted molar refractivity (Wildman–Crippen MR) is 97.7 cm³/mol. The highest BCUT2D eigenvalue weighted by Crippen LogP contribution is 2.31. The summed E-state index contributed by atoms with van der Waals surface area (Å²) in [6.07, 6.45) is 2.54. The average molecular weight is 446 g/mol. The van der Waals surface area contributed by atoms with Gasteiger partial charge in [-0.05, 0) is 36.5 Å². The molecule has 0 radical (unpaired) electrons. The van der Waals surface area contributed by atoms with Gasteiger partial charge in [0, 0.05) is 23.4 Å². The Morgan fingerprint density at radius 1 is 1.31 bits per heavy atom. The van der Waals surface area contributed by atoms with E-state index in [0.717, 1.165) is 38.3 Å². The quantitative estimate of drug-likeness (QED) is 0.648. The van der Waals surface area contributed by atoms with Crippen LogP contribution in [-0.2, 0) is 21.2 Å². The molecule has 3 rings (SSSR count). The largest absolute Gasteiger partial charge is 0.471 e. The fraction of sp³-hybridized carbons (Fsp3) is 0.353. The summed E-state index contributed by atoms with van der Waals surface area (Å²) in [6.45, 7) is -0.593. The van der Waals surface area contributed by atoms with Crippen molar-refractivity contribution in [1.82, 2.24) is 9.69 Å². The van der Waals surface area contributed by atoms with Gasteiger partial charge in [0.05, 0.1) is 7.11 Å². The van der Waals surface area contributed by atoms with E-state index in [-0.39, 0.29) is 21.4 Å². The normalized spacial score (nSPS) is 13.8. The molecule has 1 aromatic heterocycles. The standard InChI is InChI=1S/C17H16F2N2O6S2/c1-26-16(23)12-15(21-28-17(12)29(2,24)25)27-7-9-5-8(6-11(18)13(9)19)14(22)20-10-3-4-10/h5-6,10H,3-4,7H2,1-2H3,(H,20,22). The third-order valence-electron chi connectivity index (χ3n) is 4.00. The number of carbonyl (C=O) groups excluding carboxylic acids is 2. The predicted octanol–water partition coefficient (Wildman–Crippen LogP) is 2.08. The minimum atomic E-state index is -3.80. The van der Waals surface area contributed by atoms with E-state index in [4.69, 9.17) is 4.74 Å². The molecule has 0 unspecified atom stereocenters. The van der Waals surface area contributed by atoms with E-state index in [1.807, 2.05) is 0 Å². The number of carbonyl (C=O) groups is 2. The van der Waals surface area contributed by atoms with E-state index in [9.17, 15) is 26.8 Å². The molecule has 0 bridgehead atoms. The van der Waals surface area contributed by atoms with Crippen molar-refractivity contribution < 1.29 is 36.3 Å². The molecule has 29 heavy (non-hydrogen) atoms. The van der Waals surface area contributed by atoms with E-state index in [1.54, 1.807) is 0 Å². The van der Waals surface area contributed by atoms with Gasteiger partial charge in [-0.25, -0.2) is 22.0 Å². The van der Waals surface area contributed by atoms with Crippen LogP contribution in [0, 0.1) is 11.6 Å². The number of hydrogen-bond donors (Lipinski definition) is 1. The summed E-state index contributed by atoms with van der Waals surface area (Å²) in [7, 11) is -2.75. The summed E-state index contributed by atoms with van der Waals surface area (Å²) in [4.78, 5) is 24.1. The van der Waals surface area contributed by atoms with Gasteiger partial charge in [-0.3, -0.25) is 4.79 Å². The van der Waals surface area contributed by atoms with Crippen LogP contribution in [0.15, 0.2) is 16.3 Å². The van der Waals surface area contributed by atoms with Crippen LogP contribution in [0.5, 0.6) is 5.88 Å². The smallest absolute Gasteiger partial charge is 0.345 e. The van der Waals surface area contributed by atoms with Crippen LogP contribution >= 0.6 is 11.5 Å². The highest BCUT2D eigenvalue weighted by atomic mass is 32.2. The van der Waals surface area contributed by atoms with Gasteiger partial charge in [0.2, 0.25) is 5.88 Å². The van der Waals surface area contributed by atoms with E-state index >= 15 is 0 Å². The Kier molecular flexibility index (Phi) is 5.85. The van der Waals surface area contributed by atoms with Crippen molar-refractivity contribution in [3.05, 3.63) is 40.5 Å². The second-order valence-electron chi connectivity index (χ2n) is 6.38. The van der Waals surface area contributed by atoms with E-state index in [1.165, 1.54) is 0 Å². The first-order valence-corrected chi connectivity index (χ1v) is 11.0. The number of benzene rings is 1. The fourth-order valence-corrected chi connectivity index (χ4v) is 4.18. The van der Waals surface area contributed by atoms with Crippen molar-refractivity contribution in [3.63, 3.8) is 0 Å². The minimum absolute atomic E-state index is 0.0300. The number of ether oxygens (including phenoxy) is 2. The molecule has 8 nitrogen and oxygen atoms in total. The summed E-state index contributed by atoms with van der Waals surface area (Å²) in [5.74, 6) is -4.41. The number of amides is 1. The van der Waals surface area contributed by atoms with Gasteiger partial charge in [-0.2, -0.15) is 4.37 Å². The maximum atomic E-state index is 14.2. The van der Waals surface area contributed by atoms with Crippen molar-refractivity contribution >= 4 is 33.2 Å². The highest BCUT2D eigenvalue weighted by molar-refractivity contribution is 7.92. The summed E-state index contributed by atoms with van der Waals surface area (Å²) in [5.41, 5.74) is -0.808. The maximum Gasteiger partial charge on any atom is 0.345 e. The number of nitrogens with zero attached hydrogens (tertiary/aromatic N) is 1. The zero-order valence-corrected chi connectivity index (χ0v) is 17.0. The Morgan fingerprint density at radius 2 is 2.00 bits per heavy atom. The van der Waals surface area contributed by atoms with Crippen LogP contribution < -0.4 is 10.1 Å². The lowest BCUT2D eigenvalue weighted by molar-refractivity contribution is 0.0591. The summed E-state index contributed by atoms with van der Waals surface area (Å²) in [6, 6.07) is 1.93. The molecule has 0 saturated heterocycles. The molecule has 1 heterocycles. The van der Waals surface area contributed by atoms with Gasteiger partial charge in [-0.15, -0.1) is 0 Å². The van der Waals surface area contributed by atoms with Crippen molar-refractivity contribution in [2.24, 2.45) is 0 Å². The van der Waals surface area contributed by atoms with Crippen LogP contribution in [0.3, 0.4) is 0 Å². The number of aromatic nitrogens is 1. The minimum Gasteiger partial charge on any atom is -0.471 e. The second kappa shape index (κ2) is 8.03. The molecule has 1 fully saturated rings. The van der Waals surface area contributed by atoms with Gasteiger partial charge in [0.15, 0.2) is 31.2 Å². The molecule has 0 aliphatic heterocycles. The molecule has 156 valence electrons. The molecule has 1 aromatic carbocycles. The van der Waals surface area contributed by atoms with Gasteiger partial charge in [0.1, 0.15) is 6.61 Å². The van der Waals surface area contributed by atoms with Gasteiger partial charge < -0.3 is 14.8 Å². The molecule has 1 amide bonds. The van der Waals surface area contributed by atoms with Crippen molar-refractivity contribution in [2.45, 2.75) is 29.7 Å². The molecular formula is C17H16F2N2O6S2. The number of halogens is 2. The van der Waals surface area contributed by atoms with E-state index in [2.05, 4.69) is 14.4 Å². The lowest BCUT2D eigenvalue weighted by atomic mass is 10.1. The molecule has 0 spiro atoms. The van der Waals surface area contributed by atoms with Crippen LogP contribution in [0.2, 0.25) is 0 Å². The molecule has 0 atom stereocenters. The summed E-state index contributed by atoms with van der Waals surface area (Å²) in [5, 5.41) is 2.66. The Balaban J connectivity index is 1.88. The molecular weight excluding hydrogens is 430 g/mol. The molecule has 1 saturated carbocycles. The Labute approximate surface area is 168 Å². The fourth-order valence-electron chi connectivity index (χ4n) is 2.41. The first kappa shape index (κ1) is 21.1. The Hall–Kier alpha value is -2.60. The van der Waals surface area contributed by atoms with Gasteiger partial charge in [-0.1, -0.05) is 0 Å². The highest BCUT2D eigenvalue weighted by Gasteiger charge is 2.29. The number of hydrogen-bond acceptors (Lipinski definition) is 8. The van der Waals surface area contributed by atoms with E-state index in [0.29, 0.717) is 11.5 Å². The van der Waals surface area contributed by atoms with Gasteiger partial charge >= 0.3 is 5.97 Å². The van der Waals surface area contributed by atoms with Crippen molar-refractivity contribution in [3.8, 4) is 5.88 Å². The number of sulfone groups is 1. The lowest BCUT2D eigenvalue weighted by Gasteiger charge is -2.10. The number of esters is 1. The Bertz CT molecular complexity index is 1080. The molecule has 1 aliphatic rings. The molecule has 1 aliphatic carbocycles. The lowest BCUT2D eigenvalue weighted by Crippen LogP contribution is -2.25. The van der Waals surface area contributed by atoms with Crippen LogP contribution in [0.1, 0.15) is 39.1 Å². The summed E-state index contributed by atoms with van der Waals surface area (Å²) >= 11 is 0.495. The number of methoxy groups -OCH3 is 1. The molecule has 2 aromatic rings. The van der Waals surface area contributed by atoms with Crippen LogP contribution in [0.25, 0.3) is 0 Å². The number of nitrogens with one attached hydrogen (secondary N) is 1. The van der Waals surface area contributed by atoms with Crippen molar-refractivity contribution in [2.75, 3.05) is 13.4 Å². The second-order valence-corrected chi connectivity index (χ2v) is 9.37. The zero-order valence-electron chi connectivity index (χ0n) is 15.3. The third kappa shape index (κ3) is 4.70. The first-order chi connectivity index (χ1) is 13.6. The third-order valence-corrected chi connectivity index (χ3v) is 6.64. The SMILES string of the molecule is COC(=O)c1c(OCc2cc(C(=O)NC3CC3)cc(F)c2F)nsc1S(C)(=O)=O. The van der Waals surface area contributed by atoms with E-state index < -0.39 is 51.4 Å². The average Bonchev–Trinajstić information content (AvgIpc) is 3.36. The van der Waals surface area contributed by atoms with Crippen LogP contribution in [-0.4, -0.2) is 44.1 Å². The van der Waals surface area contributed by atoms with Gasteiger partial charge in [0.25, 0.3) is 5.91 Å². The number of rotatable bonds is 7. The van der Waals surface area contributed by atoms with Crippen LogP contribution in [0.4, 0.5) is 8.78 Å². The Morgan fingerprint density at radius 3 is 2.59 bits per heavy atom. The molecule has 1 N–H and O–H groups in total. The van der Waals surface area contributed by atoms with Crippen molar-refractivity contribution in [1.29, 1.82) is 0 Å². The zero-order chi connectivity index (χ0) is 21.3. The topological polar surface area (TPSA) is 112 Å². The summed E-state index contributed by atoms with van der Waals surface area (Å²) < 4.78 is 65.0.